The van der Waals surface area contributed by atoms with E-state index < -0.39 is 18.4 Å². The molecule has 2 aliphatic heterocycles. The van der Waals surface area contributed by atoms with Crippen LogP contribution in [0.15, 0.2) is 24.4 Å². The van der Waals surface area contributed by atoms with Crippen LogP contribution in [0.4, 0.5) is 31.9 Å². The molecule has 5 rings (SSSR count). The Hall–Kier alpha value is -3.58. The Morgan fingerprint density at radius 3 is 2.58 bits per heavy atom. The number of halogens is 2. The standard InChI is InChI=1S/C27H36F2N8O3/c1-4-35-11-13-36(14-12-35)33-24(38)18-9-10-20(22(15-18)40-3)31-26-30-16-21-23(32-26)37(19-7-5-6-8-19)17-27(28,29)25(39)34(21)2/h9-10,15-16,19H,4-8,11-14,17H2,1-3H3,(H,33,38)(H,30,31,32). The Morgan fingerprint density at radius 1 is 1.18 bits per heavy atom. The van der Waals surface area contributed by atoms with Gasteiger partial charge in [-0.3, -0.25) is 15.0 Å². The second-order valence-electron chi connectivity index (χ2n) is 10.4. The number of carbonyl (C=O) groups is 2. The third kappa shape index (κ3) is 5.66. The number of nitrogens with zero attached hydrogens (tertiary/aromatic N) is 6. The number of hydrogen-bond donors (Lipinski definition) is 2. The highest BCUT2D eigenvalue weighted by atomic mass is 19.3. The highest BCUT2D eigenvalue weighted by Gasteiger charge is 2.48. The molecule has 3 aliphatic rings. The average molecular weight is 559 g/mol. The van der Waals surface area contributed by atoms with Gasteiger partial charge in [-0.2, -0.15) is 13.8 Å². The number of hydrogen-bond acceptors (Lipinski definition) is 9. The van der Waals surface area contributed by atoms with Crippen LogP contribution in [-0.4, -0.2) is 97.1 Å². The molecule has 0 spiro atoms. The molecule has 2 fully saturated rings. The predicted octanol–water partition coefficient (Wildman–Crippen LogP) is 2.87. The summed E-state index contributed by atoms with van der Waals surface area (Å²) in [6.45, 7) is 5.66. The van der Waals surface area contributed by atoms with Crippen molar-refractivity contribution in [3.8, 4) is 5.75 Å². The molecule has 2 N–H and O–H groups in total. The summed E-state index contributed by atoms with van der Waals surface area (Å²) in [6.07, 6.45) is 4.78. The van der Waals surface area contributed by atoms with Gasteiger partial charge in [0.25, 0.3) is 11.8 Å². The molecule has 0 radical (unpaired) electrons. The van der Waals surface area contributed by atoms with Gasteiger partial charge in [-0.1, -0.05) is 19.8 Å². The smallest absolute Gasteiger partial charge is 0.342 e. The van der Waals surface area contributed by atoms with Crippen LogP contribution in [0.1, 0.15) is 43.0 Å². The lowest BCUT2D eigenvalue weighted by atomic mass is 10.1. The lowest BCUT2D eigenvalue weighted by molar-refractivity contribution is -0.140. The Labute approximate surface area is 232 Å². The summed E-state index contributed by atoms with van der Waals surface area (Å²) in [6, 6.07) is 4.85. The van der Waals surface area contributed by atoms with Gasteiger partial charge in [0.2, 0.25) is 5.95 Å². The molecule has 1 saturated carbocycles. The number of piperazine rings is 1. The van der Waals surface area contributed by atoms with E-state index in [-0.39, 0.29) is 29.4 Å². The van der Waals surface area contributed by atoms with Crippen LogP contribution in [-0.2, 0) is 4.79 Å². The van der Waals surface area contributed by atoms with E-state index in [2.05, 4.69) is 32.5 Å². The van der Waals surface area contributed by atoms with Crippen molar-refractivity contribution >= 4 is 35.0 Å². The molecule has 11 nitrogen and oxygen atoms in total. The molecule has 3 heterocycles. The zero-order valence-corrected chi connectivity index (χ0v) is 23.1. The van der Waals surface area contributed by atoms with Crippen LogP contribution >= 0.6 is 0 Å². The summed E-state index contributed by atoms with van der Waals surface area (Å²) in [5.41, 5.74) is 4.12. The van der Waals surface area contributed by atoms with Crippen molar-refractivity contribution < 1.29 is 23.1 Å². The minimum atomic E-state index is -3.55. The molecule has 1 saturated heterocycles. The largest absolute Gasteiger partial charge is 0.495 e. The number of aromatic nitrogens is 2. The number of fused-ring (bicyclic) bond motifs is 1. The Balaban J connectivity index is 1.37. The van der Waals surface area contributed by atoms with Gasteiger partial charge in [0.05, 0.1) is 25.5 Å². The monoisotopic (exact) mass is 558 g/mol. The van der Waals surface area contributed by atoms with Crippen LogP contribution in [0.3, 0.4) is 0 Å². The van der Waals surface area contributed by atoms with Crippen LogP contribution in [0, 0.1) is 0 Å². The van der Waals surface area contributed by atoms with Crippen molar-refractivity contribution in [2.75, 3.05) is 68.5 Å². The van der Waals surface area contributed by atoms with Crippen molar-refractivity contribution in [3.63, 3.8) is 0 Å². The summed E-state index contributed by atoms with van der Waals surface area (Å²) in [5.74, 6) is -4.21. The summed E-state index contributed by atoms with van der Waals surface area (Å²) in [4.78, 5) is 39.1. The number of carbonyl (C=O) groups excluding carboxylic acids is 2. The molecule has 13 heteroatoms. The van der Waals surface area contributed by atoms with Crippen LogP contribution in [0.2, 0.25) is 0 Å². The van der Waals surface area contributed by atoms with E-state index in [0.717, 1.165) is 63.3 Å². The van der Waals surface area contributed by atoms with Gasteiger partial charge >= 0.3 is 5.92 Å². The lowest BCUT2D eigenvalue weighted by Gasteiger charge is -2.33. The molecular formula is C27H36F2N8O3. The van der Waals surface area contributed by atoms with Crippen molar-refractivity contribution in [1.29, 1.82) is 0 Å². The fourth-order valence-electron chi connectivity index (χ4n) is 5.54. The SMILES string of the molecule is CCN1CCN(NC(=O)c2ccc(Nc3ncc4c(n3)N(C3CCCC3)CC(F)(F)C(=O)N4C)c(OC)c2)CC1. The second kappa shape index (κ2) is 11.5. The van der Waals surface area contributed by atoms with Crippen molar-refractivity contribution in [2.45, 2.75) is 44.6 Å². The number of benzene rings is 1. The average Bonchev–Trinajstić information content (AvgIpc) is 3.48. The van der Waals surface area contributed by atoms with Gasteiger partial charge in [0.1, 0.15) is 11.4 Å². The summed E-state index contributed by atoms with van der Waals surface area (Å²) >= 11 is 0. The first-order valence-corrected chi connectivity index (χ1v) is 13.7. The van der Waals surface area contributed by atoms with E-state index in [1.165, 1.54) is 20.4 Å². The number of amides is 2. The molecule has 2 aromatic rings. The highest BCUT2D eigenvalue weighted by Crippen LogP contribution is 2.40. The van der Waals surface area contributed by atoms with Gasteiger partial charge in [0, 0.05) is 44.8 Å². The molecule has 0 unspecified atom stereocenters. The van der Waals surface area contributed by atoms with E-state index in [0.29, 0.717) is 17.0 Å². The van der Waals surface area contributed by atoms with Gasteiger partial charge in [0.15, 0.2) is 5.82 Å². The number of nitrogens with one attached hydrogen (secondary N) is 2. The zero-order valence-electron chi connectivity index (χ0n) is 23.1. The quantitative estimate of drug-likeness (QED) is 0.531. The summed E-state index contributed by atoms with van der Waals surface area (Å²) < 4.78 is 35.3. The number of ether oxygens (including phenoxy) is 1. The van der Waals surface area contributed by atoms with Gasteiger partial charge in [-0.15, -0.1) is 0 Å². The van der Waals surface area contributed by atoms with E-state index >= 15 is 0 Å². The lowest BCUT2D eigenvalue weighted by Crippen LogP contribution is -2.53. The number of hydrazine groups is 1. The molecular weight excluding hydrogens is 522 g/mol. The number of rotatable bonds is 7. The molecule has 216 valence electrons. The summed E-state index contributed by atoms with van der Waals surface area (Å²) in [5, 5.41) is 5.01. The molecule has 2 amide bonds. The molecule has 1 aliphatic carbocycles. The Kier molecular flexibility index (Phi) is 8.04. The van der Waals surface area contributed by atoms with Crippen LogP contribution in [0.5, 0.6) is 5.75 Å². The fraction of sp³-hybridized carbons (Fsp3) is 0.556. The van der Waals surface area contributed by atoms with Crippen LogP contribution in [0.25, 0.3) is 0 Å². The third-order valence-electron chi connectivity index (χ3n) is 7.92. The maximum absolute atomic E-state index is 14.9. The van der Waals surface area contributed by atoms with E-state index in [4.69, 9.17) is 4.74 Å². The number of likely N-dealkylation sites (N-methyl/N-ethyl adjacent to an activating group) is 1. The van der Waals surface area contributed by atoms with E-state index in [9.17, 15) is 18.4 Å². The van der Waals surface area contributed by atoms with Gasteiger partial charge in [-0.25, -0.2) is 9.99 Å². The second-order valence-corrected chi connectivity index (χ2v) is 10.4. The normalized spacial score (nSPS) is 20.3. The van der Waals surface area contributed by atoms with Crippen molar-refractivity contribution in [3.05, 3.63) is 30.0 Å². The Morgan fingerprint density at radius 2 is 1.90 bits per heavy atom. The molecule has 0 bridgehead atoms. The first-order valence-electron chi connectivity index (χ1n) is 13.7. The predicted molar refractivity (Wildman–Crippen MR) is 147 cm³/mol. The number of alkyl halides is 2. The zero-order chi connectivity index (χ0) is 28.4. The van der Waals surface area contributed by atoms with Gasteiger partial charge < -0.3 is 24.8 Å². The fourth-order valence-corrected chi connectivity index (χ4v) is 5.54. The maximum Gasteiger partial charge on any atom is 0.342 e. The molecule has 1 aromatic carbocycles. The van der Waals surface area contributed by atoms with E-state index in [1.807, 2.05) is 5.01 Å². The van der Waals surface area contributed by atoms with E-state index in [1.54, 1.807) is 23.1 Å². The minimum Gasteiger partial charge on any atom is -0.495 e. The van der Waals surface area contributed by atoms with Gasteiger partial charge in [-0.05, 0) is 37.6 Å². The van der Waals surface area contributed by atoms with Crippen molar-refractivity contribution in [1.82, 2.24) is 25.3 Å². The molecule has 1 aromatic heterocycles. The molecule has 0 atom stereocenters. The maximum atomic E-state index is 14.9. The van der Waals surface area contributed by atoms with Crippen molar-refractivity contribution in [2.24, 2.45) is 0 Å². The minimum absolute atomic E-state index is 0.135. The van der Waals surface area contributed by atoms with Crippen LogP contribution < -0.4 is 25.3 Å². The number of anilines is 4. The number of methoxy groups -OCH3 is 1. The summed E-state index contributed by atoms with van der Waals surface area (Å²) in [7, 11) is 2.81. The Bertz CT molecular complexity index is 1250. The highest BCUT2D eigenvalue weighted by molar-refractivity contribution is 6.02. The topological polar surface area (TPSA) is 106 Å². The third-order valence-corrected chi connectivity index (χ3v) is 7.92. The first-order chi connectivity index (χ1) is 19.2. The molecule has 40 heavy (non-hydrogen) atoms. The first kappa shape index (κ1) is 28.0.